The SMILES string of the molecule is Cc1nc(Oc2ccc3c(c2)cc(C(=O)N2CCNCC2)n3C)ccc1N(C)C(=O)c1ccc(Cl)c(Cl)c1. The summed E-state index contributed by atoms with van der Waals surface area (Å²) in [5.41, 5.74) is 3.28. The topological polar surface area (TPSA) is 79.7 Å². The van der Waals surface area contributed by atoms with Crippen molar-refractivity contribution >= 4 is 51.6 Å². The number of pyridine rings is 1. The zero-order valence-electron chi connectivity index (χ0n) is 21.3. The minimum absolute atomic E-state index is 0.0279. The molecule has 5 rings (SSSR count). The minimum Gasteiger partial charge on any atom is -0.439 e. The molecule has 1 saturated heterocycles. The van der Waals surface area contributed by atoms with Gasteiger partial charge in [0.2, 0.25) is 5.88 Å². The predicted octanol–water partition coefficient (Wildman–Crippen LogP) is 5.30. The number of nitrogens with one attached hydrogen (secondary N) is 1. The number of halogens is 2. The number of benzene rings is 2. The lowest BCUT2D eigenvalue weighted by Crippen LogP contribution is -2.46. The van der Waals surface area contributed by atoms with Crippen molar-refractivity contribution in [3.63, 3.8) is 0 Å². The number of aromatic nitrogens is 2. The molecule has 8 nitrogen and oxygen atoms in total. The highest BCUT2D eigenvalue weighted by Crippen LogP contribution is 2.30. The Bertz CT molecular complexity index is 1550. The molecule has 0 radical (unpaired) electrons. The van der Waals surface area contributed by atoms with Gasteiger partial charge in [0, 0.05) is 62.8 Å². The number of carbonyl (C=O) groups is 2. The number of amides is 2. The first-order valence-corrected chi connectivity index (χ1v) is 13.0. The van der Waals surface area contributed by atoms with Gasteiger partial charge < -0.3 is 24.4 Å². The number of rotatable bonds is 5. The number of fused-ring (bicyclic) bond motifs is 1. The molecule has 10 heteroatoms. The van der Waals surface area contributed by atoms with E-state index in [1.807, 2.05) is 47.7 Å². The molecule has 196 valence electrons. The number of hydrogen-bond donors (Lipinski definition) is 1. The second kappa shape index (κ2) is 10.6. The minimum atomic E-state index is -0.233. The first kappa shape index (κ1) is 26.0. The number of hydrogen-bond acceptors (Lipinski definition) is 5. The van der Waals surface area contributed by atoms with E-state index in [2.05, 4.69) is 10.3 Å². The summed E-state index contributed by atoms with van der Waals surface area (Å²) in [5, 5.41) is 4.89. The van der Waals surface area contributed by atoms with E-state index in [4.69, 9.17) is 27.9 Å². The van der Waals surface area contributed by atoms with Gasteiger partial charge in [-0.15, -0.1) is 0 Å². The average Bonchev–Trinajstić information content (AvgIpc) is 3.25. The molecule has 0 saturated carbocycles. The highest BCUT2D eigenvalue weighted by Gasteiger charge is 2.22. The van der Waals surface area contributed by atoms with Gasteiger partial charge in [0.1, 0.15) is 11.4 Å². The van der Waals surface area contributed by atoms with E-state index in [1.54, 1.807) is 37.4 Å². The fourth-order valence-corrected chi connectivity index (χ4v) is 4.92. The van der Waals surface area contributed by atoms with Crippen LogP contribution < -0.4 is 15.0 Å². The molecule has 0 atom stereocenters. The molecule has 38 heavy (non-hydrogen) atoms. The Kier molecular flexibility index (Phi) is 7.29. The van der Waals surface area contributed by atoms with Crippen LogP contribution in [0.25, 0.3) is 10.9 Å². The Hall–Kier alpha value is -3.59. The van der Waals surface area contributed by atoms with Crippen LogP contribution in [0.1, 0.15) is 26.5 Å². The van der Waals surface area contributed by atoms with E-state index in [9.17, 15) is 9.59 Å². The van der Waals surface area contributed by atoms with E-state index in [1.165, 1.54) is 4.90 Å². The van der Waals surface area contributed by atoms with Crippen molar-refractivity contribution in [2.75, 3.05) is 38.1 Å². The van der Waals surface area contributed by atoms with Crippen LogP contribution in [0.5, 0.6) is 11.6 Å². The van der Waals surface area contributed by atoms with E-state index < -0.39 is 0 Å². The van der Waals surface area contributed by atoms with E-state index in [0.717, 1.165) is 24.0 Å². The van der Waals surface area contributed by atoms with Crippen molar-refractivity contribution < 1.29 is 14.3 Å². The lowest BCUT2D eigenvalue weighted by molar-refractivity contribution is 0.0726. The average molecular weight is 552 g/mol. The maximum atomic E-state index is 13.1. The predicted molar refractivity (Wildman–Crippen MR) is 150 cm³/mol. The zero-order valence-corrected chi connectivity index (χ0v) is 22.8. The maximum Gasteiger partial charge on any atom is 0.270 e. The third kappa shape index (κ3) is 5.07. The van der Waals surface area contributed by atoms with Crippen LogP contribution in [-0.4, -0.2) is 59.5 Å². The Morgan fingerprint density at radius 2 is 1.76 bits per heavy atom. The van der Waals surface area contributed by atoms with Crippen molar-refractivity contribution in [1.29, 1.82) is 0 Å². The van der Waals surface area contributed by atoms with Crippen molar-refractivity contribution in [3.8, 4) is 11.6 Å². The fraction of sp³-hybridized carbons (Fsp3) is 0.250. The van der Waals surface area contributed by atoms with Crippen molar-refractivity contribution in [2.24, 2.45) is 7.05 Å². The number of piperazine rings is 1. The molecule has 0 unspecified atom stereocenters. The Balaban J connectivity index is 1.34. The molecular formula is C28H27Cl2N5O3. The van der Waals surface area contributed by atoms with Crippen LogP contribution in [0.2, 0.25) is 10.0 Å². The molecule has 1 N–H and O–H groups in total. The molecule has 2 aromatic carbocycles. The van der Waals surface area contributed by atoms with Gasteiger partial charge in [-0.25, -0.2) is 4.98 Å². The third-order valence-electron chi connectivity index (χ3n) is 6.72. The van der Waals surface area contributed by atoms with Gasteiger partial charge in [-0.05, 0) is 55.5 Å². The monoisotopic (exact) mass is 551 g/mol. The lowest BCUT2D eigenvalue weighted by atomic mass is 10.2. The number of ether oxygens (including phenoxy) is 1. The summed E-state index contributed by atoms with van der Waals surface area (Å²) < 4.78 is 7.96. The summed E-state index contributed by atoms with van der Waals surface area (Å²) in [4.78, 5) is 34.0. The molecule has 2 aromatic heterocycles. The van der Waals surface area contributed by atoms with Gasteiger partial charge in [0.05, 0.1) is 21.4 Å². The normalized spacial score (nSPS) is 13.6. The van der Waals surface area contributed by atoms with Crippen LogP contribution in [0.4, 0.5) is 5.69 Å². The fourth-order valence-electron chi connectivity index (χ4n) is 4.62. The molecular weight excluding hydrogens is 525 g/mol. The molecule has 4 aromatic rings. The Morgan fingerprint density at radius 3 is 2.47 bits per heavy atom. The van der Waals surface area contributed by atoms with E-state index in [-0.39, 0.29) is 11.8 Å². The molecule has 1 fully saturated rings. The largest absolute Gasteiger partial charge is 0.439 e. The first-order valence-electron chi connectivity index (χ1n) is 12.2. The van der Waals surface area contributed by atoms with Crippen molar-refractivity contribution in [2.45, 2.75) is 6.92 Å². The molecule has 0 bridgehead atoms. The molecule has 2 amide bonds. The van der Waals surface area contributed by atoms with Gasteiger partial charge in [-0.1, -0.05) is 23.2 Å². The quantitative estimate of drug-likeness (QED) is 0.364. The van der Waals surface area contributed by atoms with Crippen LogP contribution >= 0.6 is 23.2 Å². The number of anilines is 1. The van der Waals surface area contributed by atoms with Crippen molar-refractivity contribution in [1.82, 2.24) is 19.8 Å². The summed E-state index contributed by atoms with van der Waals surface area (Å²) in [6, 6.07) is 15.9. The lowest BCUT2D eigenvalue weighted by Gasteiger charge is -2.27. The van der Waals surface area contributed by atoms with Gasteiger partial charge in [-0.2, -0.15) is 0 Å². The van der Waals surface area contributed by atoms with E-state index >= 15 is 0 Å². The Morgan fingerprint density at radius 1 is 1.00 bits per heavy atom. The summed E-state index contributed by atoms with van der Waals surface area (Å²) in [5.74, 6) is 0.793. The smallest absolute Gasteiger partial charge is 0.270 e. The first-order chi connectivity index (χ1) is 18.2. The summed E-state index contributed by atoms with van der Waals surface area (Å²) >= 11 is 12.1. The van der Waals surface area contributed by atoms with Gasteiger partial charge in [-0.3, -0.25) is 9.59 Å². The second-order valence-corrected chi connectivity index (χ2v) is 10.0. The standard InChI is InChI=1S/C28H27Cl2N5O3/c1-17-23(34(3)27(36)18-4-6-21(29)22(30)15-18)8-9-26(32-17)38-20-5-7-24-19(14-20)16-25(33(24)2)28(37)35-12-10-31-11-13-35/h4-9,14-16,31H,10-13H2,1-3H3. The van der Waals surface area contributed by atoms with Gasteiger partial charge in [0.15, 0.2) is 0 Å². The number of aryl methyl sites for hydroxylation is 2. The zero-order chi connectivity index (χ0) is 27.0. The second-order valence-electron chi connectivity index (χ2n) is 9.20. The maximum absolute atomic E-state index is 13.1. The summed E-state index contributed by atoms with van der Waals surface area (Å²) in [6.07, 6.45) is 0. The summed E-state index contributed by atoms with van der Waals surface area (Å²) in [7, 11) is 3.58. The highest BCUT2D eigenvalue weighted by atomic mass is 35.5. The third-order valence-corrected chi connectivity index (χ3v) is 7.46. The molecule has 0 spiro atoms. The molecule has 0 aliphatic carbocycles. The molecule has 1 aliphatic rings. The van der Waals surface area contributed by atoms with Crippen LogP contribution in [-0.2, 0) is 7.05 Å². The van der Waals surface area contributed by atoms with Crippen LogP contribution in [0.3, 0.4) is 0 Å². The van der Waals surface area contributed by atoms with Gasteiger partial charge >= 0.3 is 0 Å². The Labute approximate surface area is 230 Å². The number of carbonyl (C=O) groups excluding carboxylic acids is 2. The van der Waals surface area contributed by atoms with Gasteiger partial charge in [0.25, 0.3) is 11.8 Å². The summed E-state index contributed by atoms with van der Waals surface area (Å²) in [6.45, 7) is 4.82. The highest BCUT2D eigenvalue weighted by molar-refractivity contribution is 6.42. The molecule has 1 aliphatic heterocycles. The van der Waals surface area contributed by atoms with Crippen LogP contribution in [0.15, 0.2) is 54.6 Å². The van der Waals surface area contributed by atoms with Crippen molar-refractivity contribution in [3.05, 3.63) is 81.6 Å². The van der Waals surface area contributed by atoms with Crippen LogP contribution in [0, 0.1) is 6.92 Å². The molecule has 3 heterocycles. The van der Waals surface area contributed by atoms with E-state index in [0.29, 0.717) is 57.4 Å². The number of nitrogens with zero attached hydrogens (tertiary/aromatic N) is 4.